The van der Waals surface area contributed by atoms with Crippen LogP contribution in [-0.4, -0.2) is 30.6 Å². The molecular formula is C48H45N3O6. The molecule has 0 aromatic heterocycles. The summed E-state index contributed by atoms with van der Waals surface area (Å²) in [6, 6.07) is 52.6. The summed E-state index contributed by atoms with van der Waals surface area (Å²) in [5.74, 6) is 0. The lowest BCUT2D eigenvalue weighted by Crippen LogP contribution is -2.16. The van der Waals surface area contributed by atoms with Crippen molar-refractivity contribution >= 4 is 51.2 Å². The lowest BCUT2D eigenvalue weighted by molar-refractivity contribution is 0.281. The van der Waals surface area contributed by atoms with Crippen molar-refractivity contribution in [1.29, 1.82) is 0 Å². The van der Waals surface area contributed by atoms with Gasteiger partial charge in [-0.1, -0.05) is 72.8 Å². The van der Waals surface area contributed by atoms with Crippen LogP contribution in [0.1, 0.15) is 33.4 Å². The lowest BCUT2D eigenvalue weighted by Gasteiger charge is -2.33. The molecule has 7 rings (SSSR count). The van der Waals surface area contributed by atoms with Gasteiger partial charge < -0.3 is 45.3 Å². The molecule has 0 aliphatic carbocycles. The molecule has 0 unspecified atom stereocenters. The summed E-state index contributed by atoms with van der Waals surface area (Å²) in [5, 5.41) is 59.5. The zero-order valence-electron chi connectivity index (χ0n) is 31.4. The smallest absolute Gasteiger partial charge is 0.0681 e. The molecule has 9 nitrogen and oxygen atoms in total. The first-order valence-corrected chi connectivity index (χ1v) is 18.7. The minimum Gasteiger partial charge on any atom is -0.392 e. The monoisotopic (exact) mass is 759 g/mol. The van der Waals surface area contributed by atoms with E-state index in [1.165, 1.54) is 0 Å². The summed E-state index contributed by atoms with van der Waals surface area (Å²) in [6.45, 7) is -0.564. The maximum Gasteiger partial charge on any atom is 0.0681 e. The Morgan fingerprint density at radius 1 is 0.211 bits per heavy atom. The van der Waals surface area contributed by atoms with Gasteiger partial charge in [0, 0.05) is 34.1 Å². The molecule has 0 radical (unpaired) electrons. The van der Waals surface area contributed by atoms with E-state index in [4.69, 9.17) is 0 Å². The Morgan fingerprint density at radius 2 is 0.351 bits per heavy atom. The first-order chi connectivity index (χ1) is 27.9. The van der Waals surface area contributed by atoms with Gasteiger partial charge in [-0.3, -0.25) is 0 Å². The molecule has 0 aliphatic heterocycles. The van der Waals surface area contributed by atoms with E-state index in [0.29, 0.717) is 0 Å². The maximum atomic E-state index is 9.91. The molecule has 0 aliphatic rings. The van der Waals surface area contributed by atoms with E-state index in [0.717, 1.165) is 84.6 Å². The van der Waals surface area contributed by atoms with Crippen molar-refractivity contribution in [3.63, 3.8) is 0 Å². The fourth-order valence-electron chi connectivity index (χ4n) is 6.81. The van der Waals surface area contributed by atoms with Crippen LogP contribution in [0.3, 0.4) is 0 Å². The van der Waals surface area contributed by atoms with Crippen molar-refractivity contribution in [2.45, 2.75) is 39.6 Å². The highest BCUT2D eigenvalue weighted by molar-refractivity contribution is 5.89. The summed E-state index contributed by atoms with van der Waals surface area (Å²) in [4.78, 5) is 6.37. The van der Waals surface area contributed by atoms with Crippen molar-refractivity contribution in [2.24, 2.45) is 0 Å². The van der Waals surface area contributed by atoms with Crippen LogP contribution in [0.4, 0.5) is 51.2 Å². The zero-order valence-corrected chi connectivity index (χ0v) is 31.4. The number of hydrogen-bond acceptors (Lipinski definition) is 9. The zero-order chi connectivity index (χ0) is 39.7. The average Bonchev–Trinajstić information content (AvgIpc) is 3.28. The van der Waals surface area contributed by atoms with E-state index < -0.39 is 0 Å². The van der Waals surface area contributed by atoms with E-state index >= 15 is 0 Å². The van der Waals surface area contributed by atoms with Gasteiger partial charge in [0.15, 0.2) is 0 Å². The van der Waals surface area contributed by atoms with E-state index in [1.807, 2.05) is 146 Å². The van der Waals surface area contributed by atoms with Gasteiger partial charge in [0.1, 0.15) is 0 Å². The third-order valence-electron chi connectivity index (χ3n) is 9.92. The quantitative estimate of drug-likeness (QED) is 0.0606. The van der Waals surface area contributed by atoms with E-state index in [9.17, 15) is 30.6 Å². The molecule has 0 saturated carbocycles. The summed E-state index contributed by atoms with van der Waals surface area (Å²) >= 11 is 0. The highest BCUT2D eigenvalue weighted by atomic mass is 16.3. The van der Waals surface area contributed by atoms with E-state index in [2.05, 4.69) is 32.9 Å². The Balaban J connectivity index is 1.53. The van der Waals surface area contributed by atoms with Crippen LogP contribution in [0.2, 0.25) is 0 Å². The van der Waals surface area contributed by atoms with Crippen LogP contribution in [0, 0.1) is 0 Å². The normalized spacial score (nSPS) is 11.1. The molecule has 0 saturated heterocycles. The Bertz CT molecular complexity index is 1930. The molecular weight excluding hydrogens is 715 g/mol. The average molecular weight is 760 g/mol. The van der Waals surface area contributed by atoms with E-state index in [-0.39, 0.29) is 39.6 Å². The molecule has 7 aromatic carbocycles. The topological polar surface area (TPSA) is 131 Å². The minimum absolute atomic E-state index is 0.0939. The summed E-state index contributed by atoms with van der Waals surface area (Å²) in [5.41, 5.74) is 12.1. The van der Waals surface area contributed by atoms with Gasteiger partial charge in [0.05, 0.1) is 56.7 Å². The molecule has 0 fully saturated rings. The van der Waals surface area contributed by atoms with Gasteiger partial charge in [-0.25, -0.2) is 0 Å². The molecule has 7 aromatic rings. The number of benzene rings is 7. The van der Waals surface area contributed by atoms with Crippen molar-refractivity contribution in [3.8, 4) is 0 Å². The standard InChI is InChI=1S/C48H45N3O6/c52-28-34-1-13-40(14-2-34)49(41-15-3-35(29-53)4-16-41)46-25-47(50(42-17-5-36(30-54)6-18-42)43-19-7-37(31-55)8-20-43)27-48(26-46)51(44-21-9-38(32-56)10-22-44)45-23-11-39(33-57)12-24-45/h1-27,52-57H,28-33H2. The number of hydrogen-bond donors (Lipinski definition) is 6. The van der Waals surface area contributed by atoms with Crippen LogP contribution in [0.5, 0.6) is 0 Å². The summed E-state index contributed by atoms with van der Waals surface area (Å²) < 4.78 is 0. The van der Waals surface area contributed by atoms with Gasteiger partial charge in [0.25, 0.3) is 0 Å². The van der Waals surface area contributed by atoms with Crippen LogP contribution in [0.15, 0.2) is 164 Å². The third-order valence-corrected chi connectivity index (χ3v) is 9.92. The first kappa shape index (κ1) is 39.0. The predicted molar refractivity (Wildman–Crippen MR) is 226 cm³/mol. The van der Waals surface area contributed by atoms with Crippen molar-refractivity contribution < 1.29 is 30.6 Å². The van der Waals surface area contributed by atoms with Gasteiger partial charge in [-0.05, 0) is 124 Å². The molecule has 288 valence electrons. The van der Waals surface area contributed by atoms with Gasteiger partial charge in [-0.2, -0.15) is 0 Å². The van der Waals surface area contributed by atoms with Crippen molar-refractivity contribution in [3.05, 3.63) is 197 Å². The molecule has 0 amide bonds. The van der Waals surface area contributed by atoms with Crippen LogP contribution in [-0.2, 0) is 39.6 Å². The molecule has 0 atom stereocenters. The Hall–Kier alpha value is -6.30. The third kappa shape index (κ3) is 8.75. The Morgan fingerprint density at radius 3 is 0.474 bits per heavy atom. The molecule has 57 heavy (non-hydrogen) atoms. The van der Waals surface area contributed by atoms with Gasteiger partial charge in [-0.15, -0.1) is 0 Å². The molecule has 0 bridgehead atoms. The number of nitrogens with zero attached hydrogens (tertiary/aromatic N) is 3. The van der Waals surface area contributed by atoms with Crippen LogP contribution >= 0.6 is 0 Å². The van der Waals surface area contributed by atoms with Gasteiger partial charge >= 0.3 is 0 Å². The number of anilines is 9. The van der Waals surface area contributed by atoms with Crippen molar-refractivity contribution in [1.82, 2.24) is 0 Å². The molecule has 6 N–H and O–H groups in total. The Kier molecular flexibility index (Phi) is 12.4. The lowest BCUT2D eigenvalue weighted by atomic mass is 10.1. The fourth-order valence-corrected chi connectivity index (χ4v) is 6.81. The predicted octanol–water partition coefficient (Wildman–Crippen LogP) is 9.05. The number of rotatable bonds is 15. The molecule has 0 heterocycles. The second-order valence-electron chi connectivity index (χ2n) is 13.7. The molecule has 0 spiro atoms. The fraction of sp³-hybridized carbons (Fsp3) is 0.125. The summed E-state index contributed by atoms with van der Waals surface area (Å²) in [6.07, 6.45) is 0. The minimum atomic E-state index is -0.0939. The van der Waals surface area contributed by atoms with Crippen LogP contribution in [0.25, 0.3) is 0 Å². The second-order valence-corrected chi connectivity index (χ2v) is 13.7. The maximum absolute atomic E-state index is 9.91. The van der Waals surface area contributed by atoms with E-state index in [1.54, 1.807) is 0 Å². The highest BCUT2D eigenvalue weighted by Crippen LogP contribution is 2.46. The SMILES string of the molecule is OCc1ccc(N(c2ccc(CO)cc2)c2cc(N(c3ccc(CO)cc3)c3ccc(CO)cc3)cc(N(c3ccc(CO)cc3)c3ccc(CO)cc3)c2)cc1. The summed E-state index contributed by atoms with van der Waals surface area (Å²) in [7, 11) is 0. The highest BCUT2D eigenvalue weighted by Gasteiger charge is 2.23. The van der Waals surface area contributed by atoms with Gasteiger partial charge in [0.2, 0.25) is 0 Å². The second kappa shape index (κ2) is 18.1. The van der Waals surface area contributed by atoms with Crippen molar-refractivity contribution in [2.75, 3.05) is 14.7 Å². The Labute approximate surface area is 332 Å². The first-order valence-electron chi connectivity index (χ1n) is 18.7. The molecule has 9 heteroatoms. The largest absolute Gasteiger partial charge is 0.392 e. The number of aliphatic hydroxyl groups excluding tert-OH is 6. The number of aliphatic hydroxyl groups is 6. The van der Waals surface area contributed by atoms with Crippen LogP contribution < -0.4 is 14.7 Å².